The molecule has 1 aromatic carbocycles. The molecule has 0 amide bonds. The average Bonchev–Trinajstić information content (AvgIpc) is 1.95. The molecule has 2 nitrogen and oxygen atoms in total. The maximum atomic E-state index is 12.4. The fourth-order valence-corrected chi connectivity index (χ4v) is 0.904. The van der Waals surface area contributed by atoms with Crippen molar-refractivity contribution >= 4 is 17.0 Å². The molecule has 1 aromatic rings. The first-order valence-electron chi connectivity index (χ1n) is 3.41. The standard InChI is InChI=1S/C8H10FNO.BrH/c9-7-2-1-6(3-4-10)8(11)5-7;/h1-2,5,11H,3-4,10H2;1H. The molecule has 0 bridgehead atoms. The van der Waals surface area contributed by atoms with Gasteiger partial charge in [0, 0.05) is 6.07 Å². The van der Waals surface area contributed by atoms with E-state index in [1.807, 2.05) is 0 Å². The van der Waals surface area contributed by atoms with Crippen LogP contribution in [-0.2, 0) is 6.42 Å². The summed E-state index contributed by atoms with van der Waals surface area (Å²) in [7, 11) is 0. The van der Waals surface area contributed by atoms with Crippen LogP contribution in [0.3, 0.4) is 0 Å². The lowest BCUT2D eigenvalue weighted by molar-refractivity contribution is 0.462. The van der Waals surface area contributed by atoms with Crippen LogP contribution in [0, 0.1) is 5.82 Å². The number of rotatable bonds is 2. The van der Waals surface area contributed by atoms with Crippen molar-refractivity contribution in [1.29, 1.82) is 0 Å². The Morgan fingerprint density at radius 3 is 2.58 bits per heavy atom. The topological polar surface area (TPSA) is 46.2 Å². The summed E-state index contributed by atoms with van der Waals surface area (Å²) in [6, 6.07) is 3.94. The summed E-state index contributed by atoms with van der Waals surface area (Å²) in [6.45, 7) is 0.458. The average molecular weight is 236 g/mol. The van der Waals surface area contributed by atoms with Crippen LogP contribution in [-0.4, -0.2) is 11.7 Å². The van der Waals surface area contributed by atoms with Crippen molar-refractivity contribution in [2.24, 2.45) is 5.73 Å². The lowest BCUT2D eigenvalue weighted by Crippen LogP contribution is -2.02. The molecule has 0 spiro atoms. The van der Waals surface area contributed by atoms with Crippen LogP contribution in [0.2, 0.25) is 0 Å². The number of halogens is 2. The molecule has 0 saturated heterocycles. The Morgan fingerprint density at radius 2 is 2.08 bits per heavy atom. The van der Waals surface area contributed by atoms with Crippen LogP contribution in [0.4, 0.5) is 4.39 Å². The van der Waals surface area contributed by atoms with Gasteiger partial charge >= 0.3 is 0 Å². The normalized spacial score (nSPS) is 9.17. The zero-order valence-electron chi connectivity index (χ0n) is 6.46. The predicted octanol–water partition coefficient (Wildman–Crippen LogP) is 1.61. The molecule has 0 aliphatic rings. The van der Waals surface area contributed by atoms with Gasteiger partial charge in [-0.15, -0.1) is 17.0 Å². The SMILES string of the molecule is Br.NCCc1ccc(F)cc1O. The summed E-state index contributed by atoms with van der Waals surface area (Å²) >= 11 is 0. The molecule has 0 atom stereocenters. The van der Waals surface area contributed by atoms with Crippen molar-refractivity contribution in [1.82, 2.24) is 0 Å². The van der Waals surface area contributed by atoms with Gasteiger partial charge in [0.15, 0.2) is 0 Å². The number of phenols is 1. The highest BCUT2D eigenvalue weighted by molar-refractivity contribution is 8.93. The van der Waals surface area contributed by atoms with Crippen LogP contribution in [0.5, 0.6) is 5.75 Å². The second-order valence-electron chi connectivity index (χ2n) is 2.31. The number of phenolic OH excluding ortho intramolecular Hbond substituents is 1. The van der Waals surface area contributed by atoms with Crippen LogP contribution < -0.4 is 5.73 Å². The van der Waals surface area contributed by atoms with Crippen LogP contribution in [0.15, 0.2) is 18.2 Å². The van der Waals surface area contributed by atoms with Crippen molar-refractivity contribution in [3.63, 3.8) is 0 Å². The zero-order valence-corrected chi connectivity index (χ0v) is 8.17. The van der Waals surface area contributed by atoms with Gasteiger partial charge in [0.05, 0.1) is 0 Å². The Bertz CT molecular complexity index is 255. The maximum absolute atomic E-state index is 12.4. The van der Waals surface area contributed by atoms with Gasteiger partial charge in [-0.25, -0.2) is 4.39 Å². The highest BCUT2D eigenvalue weighted by Gasteiger charge is 2.00. The molecule has 0 aliphatic carbocycles. The van der Waals surface area contributed by atoms with Gasteiger partial charge in [0.1, 0.15) is 11.6 Å². The number of hydrogen-bond acceptors (Lipinski definition) is 2. The van der Waals surface area contributed by atoms with E-state index >= 15 is 0 Å². The summed E-state index contributed by atoms with van der Waals surface area (Å²) in [4.78, 5) is 0. The molecule has 0 fully saturated rings. The van der Waals surface area contributed by atoms with E-state index in [0.717, 1.165) is 6.07 Å². The van der Waals surface area contributed by atoms with Crippen molar-refractivity contribution in [2.45, 2.75) is 6.42 Å². The highest BCUT2D eigenvalue weighted by atomic mass is 79.9. The Labute approximate surface area is 81.0 Å². The van der Waals surface area contributed by atoms with Gasteiger partial charge in [0.2, 0.25) is 0 Å². The minimum Gasteiger partial charge on any atom is -0.508 e. The third kappa shape index (κ3) is 2.79. The van der Waals surface area contributed by atoms with E-state index in [1.54, 1.807) is 0 Å². The van der Waals surface area contributed by atoms with Crippen molar-refractivity contribution < 1.29 is 9.50 Å². The van der Waals surface area contributed by atoms with Crippen molar-refractivity contribution in [3.8, 4) is 5.75 Å². The van der Waals surface area contributed by atoms with Crippen molar-refractivity contribution in [3.05, 3.63) is 29.6 Å². The lowest BCUT2D eigenvalue weighted by Gasteiger charge is -2.01. The Hall–Kier alpha value is -0.610. The van der Waals surface area contributed by atoms with Crippen LogP contribution in [0.1, 0.15) is 5.56 Å². The molecule has 4 heteroatoms. The van der Waals surface area contributed by atoms with Gasteiger partial charge in [-0.1, -0.05) is 6.07 Å². The van der Waals surface area contributed by atoms with Gasteiger partial charge in [0.25, 0.3) is 0 Å². The van der Waals surface area contributed by atoms with Crippen LogP contribution >= 0.6 is 17.0 Å². The largest absolute Gasteiger partial charge is 0.508 e. The molecular weight excluding hydrogens is 225 g/mol. The fraction of sp³-hybridized carbons (Fsp3) is 0.250. The highest BCUT2D eigenvalue weighted by Crippen LogP contribution is 2.17. The number of benzene rings is 1. The molecular formula is C8H11BrFNO. The summed E-state index contributed by atoms with van der Waals surface area (Å²) in [5.74, 6) is -0.446. The Morgan fingerprint density at radius 1 is 1.42 bits per heavy atom. The van der Waals surface area contributed by atoms with Gasteiger partial charge in [-0.3, -0.25) is 0 Å². The van der Waals surface area contributed by atoms with E-state index in [-0.39, 0.29) is 22.7 Å². The second kappa shape index (κ2) is 5.11. The summed E-state index contributed by atoms with van der Waals surface area (Å²) in [5.41, 5.74) is 5.95. The maximum Gasteiger partial charge on any atom is 0.126 e. The minimum absolute atomic E-state index is 0. The second-order valence-corrected chi connectivity index (χ2v) is 2.31. The van der Waals surface area contributed by atoms with Gasteiger partial charge in [-0.2, -0.15) is 0 Å². The molecule has 0 aromatic heterocycles. The summed E-state index contributed by atoms with van der Waals surface area (Å²) in [5, 5.41) is 9.13. The Balaban J connectivity index is 0.00000121. The first-order chi connectivity index (χ1) is 5.24. The smallest absolute Gasteiger partial charge is 0.126 e. The third-order valence-corrected chi connectivity index (χ3v) is 1.46. The number of aromatic hydroxyl groups is 1. The fourth-order valence-electron chi connectivity index (χ4n) is 0.904. The third-order valence-electron chi connectivity index (χ3n) is 1.46. The molecule has 0 heterocycles. The molecule has 0 saturated carbocycles. The monoisotopic (exact) mass is 235 g/mol. The summed E-state index contributed by atoms with van der Waals surface area (Å²) in [6.07, 6.45) is 0.576. The van der Waals surface area contributed by atoms with E-state index in [4.69, 9.17) is 10.8 Å². The molecule has 0 aliphatic heterocycles. The molecule has 1 rings (SSSR count). The van der Waals surface area contributed by atoms with Crippen LogP contribution in [0.25, 0.3) is 0 Å². The molecule has 0 unspecified atom stereocenters. The first kappa shape index (κ1) is 11.4. The molecule has 3 N–H and O–H groups in total. The molecule has 0 radical (unpaired) electrons. The molecule has 12 heavy (non-hydrogen) atoms. The van der Waals surface area contributed by atoms with Gasteiger partial charge < -0.3 is 10.8 Å². The predicted molar refractivity (Wildman–Crippen MR) is 51.1 cm³/mol. The number of nitrogens with two attached hydrogens (primary N) is 1. The van der Waals surface area contributed by atoms with Crippen molar-refractivity contribution in [2.75, 3.05) is 6.54 Å². The lowest BCUT2D eigenvalue weighted by atomic mass is 10.1. The summed E-state index contributed by atoms with van der Waals surface area (Å²) < 4.78 is 12.4. The van der Waals surface area contributed by atoms with E-state index < -0.39 is 5.82 Å². The van der Waals surface area contributed by atoms with E-state index in [0.29, 0.717) is 18.5 Å². The minimum atomic E-state index is -0.428. The quantitative estimate of drug-likeness (QED) is 0.819. The first-order valence-corrected chi connectivity index (χ1v) is 3.41. The van der Waals surface area contributed by atoms with E-state index in [9.17, 15) is 4.39 Å². The molecule has 68 valence electrons. The van der Waals surface area contributed by atoms with Gasteiger partial charge in [-0.05, 0) is 24.6 Å². The number of hydrogen-bond donors (Lipinski definition) is 2. The van der Waals surface area contributed by atoms with E-state index in [2.05, 4.69) is 0 Å². The van der Waals surface area contributed by atoms with E-state index in [1.165, 1.54) is 12.1 Å². The Kier molecular flexibility index (Phi) is 4.85. The zero-order chi connectivity index (χ0) is 8.27.